The van der Waals surface area contributed by atoms with Gasteiger partial charge in [-0.05, 0) is 94.3 Å². The maximum absolute atomic E-state index is 13.0. The van der Waals surface area contributed by atoms with E-state index in [4.69, 9.17) is 53.8 Å². The van der Waals surface area contributed by atoms with Crippen molar-refractivity contribution >= 4 is 52.7 Å². The van der Waals surface area contributed by atoms with Crippen LogP contribution in [0.4, 0.5) is 4.79 Å². The molecule has 15 nitrogen and oxygen atoms in total. The predicted octanol–water partition coefficient (Wildman–Crippen LogP) is 6.72. The van der Waals surface area contributed by atoms with Gasteiger partial charge < -0.3 is 44.3 Å². The topological polar surface area (TPSA) is 161 Å². The molecule has 344 valence electrons. The molecule has 0 spiro atoms. The lowest BCUT2D eigenvalue weighted by molar-refractivity contribution is -0.136. The number of aromatic nitrogens is 3. The second-order valence-corrected chi connectivity index (χ2v) is 18.8. The van der Waals surface area contributed by atoms with Crippen LogP contribution in [0.25, 0.3) is 0 Å². The fourth-order valence-electron chi connectivity index (χ4n) is 8.60. The summed E-state index contributed by atoms with van der Waals surface area (Å²) in [5.41, 5.74) is 11.2. The molecule has 8 heterocycles. The molecule has 3 aromatic heterocycles. The van der Waals surface area contributed by atoms with E-state index >= 15 is 0 Å². The highest BCUT2D eigenvalue weighted by atomic mass is 35.5. The smallest absolute Gasteiger partial charge is 0.410 e. The third-order valence-electron chi connectivity index (χ3n) is 12.0. The Balaban J connectivity index is 0.000000166. The Morgan fingerprint density at radius 3 is 1.57 bits per heavy atom. The zero-order valence-corrected chi connectivity index (χ0v) is 40.2. The molecule has 5 aliphatic heterocycles. The van der Waals surface area contributed by atoms with Gasteiger partial charge in [0.15, 0.2) is 0 Å². The van der Waals surface area contributed by atoms with E-state index in [1.807, 2.05) is 46.4 Å². The van der Waals surface area contributed by atoms with Crippen molar-refractivity contribution in [1.82, 2.24) is 40.3 Å². The number of fused-ring (bicyclic) bond motifs is 3. The van der Waals surface area contributed by atoms with Crippen LogP contribution in [-0.4, -0.2) is 101 Å². The number of methoxy groups -OCH3 is 3. The third kappa shape index (κ3) is 11.2. The van der Waals surface area contributed by atoms with Crippen molar-refractivity contribution < 1.29 is 33.3 Å². The minimum Gasteiger partial charge on any atom is -0.444 e. The predicted molar refractivity (Wildman–Crippen MR) is 240 cm³/mol. The number of likely N-dealkylation sites (tertiary alicyclic amines) is 1. The van der Waals surface area contributed by atoms with Gasteiger partial charge in [-0.1, -0.05) is 34.8 Å². The lowest BCUT2D eigenvalue weighted by atomic mass is 10.1. The summed E-state index contributed by atoms with van der Waals surface area (Å²) in [7, 11) is 4.88. The SMILES string of the molecule is COCc1nc2c(c(C)c1Cl)CN(C(=O)[C@@H]1CCN(C(=O)OC(C)(C)C)C1)C2.COCc1nc2c(c(C)c1Cl)CN(C(=O)[C@@H]1CCNC1)C2.COCc1nc2c(c(C)c1Cl)CNC2. The summed E-state index contributed by atoms with van der Waals surface area (Å²) in [6.45, 7) is 19.2. The number of carbonyl (C=O) groups excluding carboxylic acids is 3. The number of carbonyl (C=O) groups is 3. The first-order valence-electron chi connectivity index (χ1n) is 21.4. The number of nitrogens with one attached hydrogen (secondary N) is 2. The highest BCUT2D eigenvalue weighted by Gasteiger charge is 2.38. The molecule has 8 rings (SSSR count). The molecule has 2 atom stereocenters. The average molecular weight is 932 g/mol. The standard InChI is InChI=1S/C20H28ClN3O4.C15H20ClN3O2.C10H13ClN2O/c1-12-14-9-24(10-15(14)22-16(11-27-5)17(12)21)18(25)13-6-7-23(8-13)19(26)28-20(2,3)4;1-9-11-6-19(15(20)10-3-4-17-5-10)7-12(11)18-13(8-21-2)14(9)16;1-6-7-3-12-4-8(7)13-9(5-14-2)10(6)11/h13H,6-11H2,1-5H3;10,17H,3-8H2,1-2H3;12H,3-5H2,1-2H3/t13-;10-;/m11./s1. The number of rotatable bonds is 8. The molecule has 0 aliphatic carbocycles. The van der Waals surface area contributed by atoms with Crippen LogP contribution in [0.3, 0.4) is 0 Å². The number of nitrogens with zero attached hydrogens (tertiary/aromatic N) is 6. The monoisotopic (exact) mass is 930 g/mol. The van der Waals surface area contributed by atoms with Crippen molar-refractivity contribution in [2.45, 2.75) is 119 Å². The molecule has 0 bridgehead atoms. The summed E-state index contributed by atoms with van der Waals surface area (Å²) in [5.74, 6) is 0.166. The van der Waals surface area contributed by atoms with Gasteiger partial charge in [-0.2, -0.15) is 0 Å². The van der Waals surface area contributed by atoms with Crippen LogP contribution < -0.4 is 10.6 Å². The average Bonchev–Trinajstić information content (AvgIpc) is 4.10. The highest BCUT2D eigenvalue weighted by molar-refractivity contribution is 6.32. The van der Waals surface area contributed by atoms with Crippen LogP contribution in [-0.2, 0) is 87.6 Å². The molecule has 0 unspecified atom stereocenters. The Labute approximate surface area is 385 Å². The van der Waals surface area contributed by atoms with Crippen LogP contribution in [0.5, 0.6) is 0 Å². The van der Waals surface area contributed by atoms with Crippen molar-refractivity contribution in [2.24, 2.45) is 11.8 Å². The van der Waals surface area contributed by atoms with Gasteiger partial charge in [-0.3, -0.25) is 24.5 Å². The summed E-state index contributed by atoms with van der Waals surface area (Å²) in [6.07, 6.45) is 1.21. The molecular formula is C45H61Cl3N8O7. The van der Waals surface area contributed by atoms with Crippen LogP contribution in [0, 0.1) is 32.6 Å². The van der Waals surface area contributed by atoms with Gasteiger partial charge in [-0.25, -0.2) is 4.79 Å². The Bertz CT molecular complexity index is 2200. The number of halogens is 3. The van der Waals surface area contributed by atoms with Crippen LogP contribution in [0.2, 0.25) is 15.1 Å². The van der Waals surface area contributed by atoms with Crippen LogP contribution in [0.1, 0.15) is 101 Å². The second-order valence-electron chi connectivity index (χ2n) is 17.7. The summed E-state index contributed by atoms with van der Waals surface area (Å²) in [5, 5.41) is 8.51. The Morgan fingerprint density at radius 2 is 1.11 bits per heavy atom. The molecule has 18 heteroatoms. The van der Waals surface area contributed by atoms with Crippen molar-refractivity contribution in [3.8, 4) is 0 Å². The van der Waals surface area contributed by atoms with Gasteiger partial charge in [-0.15, -0.1) is 0 Å². The highest BCUT2D eigenvalue weighted by Crippen LogP contribution is 2.35. The fourth-order valence-corrected chi connectivity index (χ4v) is 9.23. The first-order chi connectivity index (χ1) is 30.0. The minimum atomic E-state index is -0.544. The quantitative estimate of drug-likeness (QED) is 0.246. The molecule has 0 radical (unpaired) electrons. The van der Waals surface area contributed by atoms with E-state index in [-0.39, 0.29) is 29.7 Å². The molecule has 2 N–H and O–H groups in total. The summed E-state index contributed by atoms with van der Waals surface area (Å²) >= 11 is 19.0. The van der Waals surface area contributed by atoms with Crippen LogP contribution in [0.15, 0.2) is 0 Å². The molecular weight excluding hydrogens is 871 g/mol. The van der Waals surface area contributed by atoms with Crippen molar-refractivity contribution in [3.05, 3.63) is 82.6 Å². The van der Waals surface area contributed by atoms with E-state index in [0.717, 1.165) is 93.9 Å². The van der Waals surface area contributed by atoms with Gasteiger partial charge in [0.2, 0.25) is 11.8 Å². The van der Waals surface area contributed by atoms with Gasteiger partial charge in [0, 0.05) is 67.1 Å². The molecule has 5 aliphatic rings. The minimum absolute atomic E-state index is 0.0490. The van der Waals surface area contributed by atoms with E-state index in [1.165, 1.54) is 5.56 Å². The largest absolute Gasteiger partial charge is 0.444 e. The van der Waals surface area contributed by atoms with E-state index in [9.17, 15) is 14.4 Å². The van der Waals surface area contributed by atoms with Crippen molar-refractivity contribution in [3.63, 3.8) is 0 Å². The summed E-state index contributed by atoms with van der Waals surface area (Å²) in [6, 6.07) is 0. The van der Waals surface area contributed by atoms with Gasteiger partial charge in [0.25, 0.3) is 0 Å². The second kappa shape index (κ2) is 21.1. The van der Waals surface area contributed by atoms with Crippen LogP contribution >= 0.6 is 34.8 Å². The lowest BCUT2D eigenvalue weighted by Gasteiger charge is -2.25. The van der Waals surface area contributed by atoms with E-state index in [2.05, 4.69) is 25.6 Å². The first kappa shape index (κ1) is 48.8. The fraction of sp³-hybridized carbons (Fsp3) is 0.600. The van der Waals surface area contributed by atoms with Crippen molar-refractivity contribution in [2.75, 3.05) is 47.5 Å². The number of amides is 3. The maximum Gasteiger partial charge on any atom is 0.410 e. The molecule has 3 aromatic rings. The number of pyridine rings is 3. The molecule has 0 saturated carbocycles. The Hall–Kier alpha value is -3.67. The zero-order valence-electron chi connectivity index (χ0n) is 37.9. The number of hydrogen-bond donors (Lipinski definition) is 2. The molecule has 63 heavy (non-hydrogen) atoms. The van der Waals surface area contributed by atoms with E-state index < -0.39 is 5.60 Å². The normalized spacial score (nSPS) is 18.7. The van der Waals surface area contributed by atoms with Gasteiger partial charge >= 0.3 is 6.09 Å². The molecule has 2 saturated heterocycles. The molecule has 2 fully saturated rings. The maximum atomic E-state index is 13.0. The van der Waals surface area contributed by atoms with E-state index in [1.54, 1.807) is 31.1 Å². The number of hydrogen-bond acceptors (Lipinski definition) is 12. The zero-order chi connectivity index (χ0) is 45.7. The van der Waals surface area contributed by atoms with Crippen molar-refractivity contribution in [1.29, 1.82) is 0 Å². The first-order valence-corrected chi connectivity index (χ1v) is 22.5. The lowest BCUT2D eigenvalue weighted by Crippen LogP contribution is -2.37. The molecule has 0 aromatic carbocycles. The Kier molecular flexibility index (Phi) is 16.3. The molecule has 3 amide bonds. The Morgan fingerprint density at radius 1 is 0.635 bits per heavy atom. The summed E-state index contributed by atoms with van der Waals surface area (Å²) in [4.78, 5) is 56.8. The van der Waals surface area contributed by atoms with E-state index in [0.29, 0.717) is 81.2 Å². The third-order valence-corrected chi connectivity index (χ3v) is 13.5. The number of ether oxygens (including phenoxy) is 4. The van der Waals surface area contributed by atoms with Gasteiger partial charge in [0.05, 0.1) is 94.0 Å². The summed E-state index contributed by atoms with van der Waals surface area (Å²) < 4.78 is 20.8. The van der Waals surface area contributed by atoms with Gasteiger partial charge in [0.1, 0.15) is 5.60 Å².